The van der Waals surface area contributed by atoms with E-state index in [2.05, 4.69) is 5.32 Å². The zero-order valence-electron chi connectivity index (χ0n) is 11.5. The number of ether oxygens (including phenoxy) is 1. The molecule has 1 unspecified atom stereocenters. The van der Waals surface area contributed by atoms with E-state index in [9.17, 15) is 10.1 Å². The molecule has 1 saturated heterocycles. The maximum atomic E-state index is 10.6. The summed E-state index contributed by atoms with van der Waals surface area (Å²) in [6.07, 6.45) is 6.92. The molecule has 0 aromatic heterocycles. The van der Waals surface area contributed by atoms with Crippen molar-refractivity contribution in [3.8, 4) is 0 Å². The van der Waals surface area contributed by atoms with E-state index in [-0.39, 0.29) is 16.2 Å². The summed E-state index contributed by atoms with van der Waals surface area (Å²) < 4.78 is 6.02. The molecule has 0 bridgehead atoms. The minimum Gasteiger partial charge on any atom is -0.382 e. The Kier molecular flexibility index (Phi) is 3.61. The van der Waals surface area contributed by atoms with Crippen molar-refractivity contribution in [2.75, 3.05) is 11.9 Å². The normalized spacial score (nSPS) is 24.7. The summed E-state index contributed by atoms with van der Waals surface area (Å²) in [7, 11) is 0. The van der Waals surface area contributed by atoms with E-state index < -0.39 is 0 Å². The predicted octanol–water partition coefficient (Wildman–Crippen LogP) is 3.50. The molecule has 5 heteroatoms. The zero-order valence-corrected chi connectivity index (χ0v) is 11.5. The first-order valence-electron chi connectivity index (χ1n) is 7.32. The minimum absolute atomic E-state index is 0.0939. The summed E-state index contributed by atoms with van der Waals surface area (Å²) in [6, 6.07) is 7.08. The van der Waals surface area contributed by atoms with E-state index in [4.69, 9.17) is 4.74 Å². The average Bonchev–Trinajstić information content (AvgIpc) is 2.87. The van der Waals surface area contributed by atoms with Crippen molar-refractivity contribution < 1.29 is 9.66 Å². The van der Waals surface area contributed by atoms with Crippen molar-refractivity contribution in [1.29, 1.82) is 0 Å². The third kappa shape index (κ3) is 2.77. The van der Waals surface area contributed by atoms with Crippen LogP contribution in [0, 0.1) is 10.1 Å². The fraction of sp³-hybridized carbons (Fsp3) is 0.600. The van der Waals surface area contributed by atoms with Gasteiger partial charge in [-0.1, -0.05) is 12.8 Å². The molecule has 1 aliphatic carbocycles. The molecule has 0 radical (unpaired) electrons. The Balaban J connectivity index is 1.63. The molecule has 1 saturated carbocycles. The van der Waals surface area contributed by atoms with Gasteiger partial charge in [-0.05, 0) is 37.8 Å². The van der Waals surface area contributed by atoms with Crippen molar-refractivity contribution in [3.63, 3.8) is 0 Å². The fourth-order valence-corrected chi connectivity index (χ4v) is 3.43. The van der Waals surface area contributed by atoms with E-state index in [1.807, 2.05) is 0 Å². The third-order valence-electron chi connectivity index (χ3n) is 4.46. The first-order valence-corrected chi connectivity index (χ1v) is 7.32. The highest BCUT2D eigenvalue weighted by Gasteiger charge is 2.39. The number of nitrogens with zero attached hydrogens (tertiary/aromatic N) is 1. The van der Waals surface area contributed by atoms with Crippen LogP contribution in [0.2, 0.25) is 0 Å². The number of non-ortho nitro benzene ring substituents is 1. The molecule has 5 nitrogen and oxygen atoms in total. The highest BCUT2D eigenvalue weighted by atomic mass is 16.6. The second-order valence-electron chi connectivity index (χ2n) is 5.88. The monoisotopic (exact) mass is 276 g/mol. The molecule has 1 heterocycles. The predicted molar refractivity (Wildman–Crippen MR) is 76.9 cm³/mol. The van der Waals surface area contributed by atoms with Crippen molar-refractivity contribution in [2.45, 2.75) is 50.2 Å². The van der Waals surface area contributed by atoms with E-state index in [0.717, 1.165) is 25.1 Å². The van der Waals surface area contributed by atoms with Crippen molar-refractivity contribution in [2.24, 2.45) is 0 Å². The van der Waals surface area contributed by atoms with Gasteiger partial charge in [-0.2, -0.15) is 0 Å². The molecule has 2 aliphatic rings. The van der Waals surface area contributed by atoms with Gasteiger partial charge in [0.25, 0.3) is 5.69 Å². The van der Waals surface area contributed by atoms with Crippen LogP contribution in [0.3, 0.4) is 0 Å². The molecule has 2 fully saturated rings. The van der Waals surface area contributed by atoms with Gasteiger partial charge in [-0.25, -0.2) is 0 Å². The molecule has 1 aliphatic heterocycles. The molecule has 0 amide bonds. The topological polar surface area (TPSA) is 64.4 Å². The van der Waals surface area contributed by atoms with Crippen LogP contribution in [0.4, 0.5) is 11.4 Å². The van der Waals surface area contributed by atoms with Crippen LogP contribution < -0.4 is 5.32 Å². The molecule has 1 aromatic rings. The standard InChI is InChI=1S/C15H20N2O3/c18-17(19)14-5-3-12(4-6-14)16-13-7-10-20-15(11-13)8-1-2-9-15/h3-6,13,16H,1-2,7-11H2. The highest BCUT2D eigenvalue weighted by Crippen LogP contribution is 2.40. The van der Waals surface area contributed by atoms with Gasteiger partial charge < -0.3 is 10.1 Å². The molecule has 108 valence electrons. The number of hydrogen-bond donors (Lipinski definition) is 1. The smallest absolute Gasteiger partial charge is 0.269 e. The van der Waals surface area contributed by atoms with E-state index in [0.29, 0.717) is 6.04 Å². The van der Waals surface area contributed by atoms with E-state index in [1.54, 1.807) is 24.3 Å². The summed E-state index contributed by atoms with van der Waals surface area (Å²) >= 11 is 0. The van der Waals surface area contributed by atoms with Gasteiger partial charge >= 0.3 is 0 Å². The second kappa shape index (κ2) is 5.40. The largest absolute Gasteiger partial charge is 0.382 e. The zero-order chi connectivity index (χ0) is 14.0. The van der Waals surface area contributed by atoms with Crippen molar-refractivity contribution in [3.05, 3.63) is 34.4 Å². The SMILES string of the molecule is O=[N+]([O-])c1ccc(NC2CCOC3(CCCC3)C2)cc1. The number of nitro groups is 1. The minimum atomic E-state index is -0.369. The lowest BCUT2D eigenvalue weighted by molar-refractivity contribution is -0.384. The van der Waals surface area contributed by atoms with Gasteiger partial charge in [-0.3, -0.25) is 10.1 Å². The number of hydrogen-bond acceptors (Lipinski definition) is 4. The Morgan fingerprint density at radius 1 is 1.25 bits per heavy atom. The quantitative estimate of drug-likeness (QED) is 0.678. The highest BCUT2D eigenvalue weighted by molar-refractivity contribution is 5.49. The van der Waals surface area contributed by atoms with Crippen LogP contribution in [-0.2, 0) is 4.74 Å². The van der Waals surface area contributed by atoms with Crippen molar-refractivity contribution in [1.82, 2.24) is 0 Å². The van der Waals surface area contributed by atoms with Crippen LogP contribution in [-0.4, -0.2) is 23.2 Å². The van der Waals surface area contributed by atoms with Gasteiger partial charge in [0.2, 0.25) is 0 Å². The maximum Gasteiger partial charge on any atom is 0.269 e. The number of anilines is 1. The van der Waals surface area contributed by atoms with E-state index in [1.165, 1.54) is 25.7 Å². The lowest BCUT2D eigenvalue weighted by Gasteiger charge is -2.38. The van der Waals surface area contributed by atoms with Gasteiger partial charge in [0.15, 0.2) is 0 Å². The summed E-state index contributed by atoms with van der Waals surface area (Å²) in [5.74, 6) is 0. The maximum absolute atomic E-state index is 10.6. The number of nitro benzene ring substituents is 1. The Hall–Kier alpha value is -1.62. The second-order valence-corrected chi connectivity index (χ2v) is 5.88. The van der Waals surface area contributed by atoms with Crippen LogP contribution >= 0.6 is 0 Å². The molecule has 1 aromatic carbocycles. The number of rotatable bonds is 3. The lowest BCUT2D eigenvalue weighted by Crippen LogP contribution is -2.42. The van der Waals surface area contributed by atoms with Crippen LogP contribution in [0.1, 0.15) is 38.5 Å². The van der Waals surface area contributed by atoms with Gasteiger partial charge in [-0.15, -0.1) is 0 Å². The number of benzene rings is 1. The van der Waals surface area contributed by atoms with Crippen molar-refractivity contribution >= 4 is 11.4 Å². The Bertz CT molecular complexity index is 480. The molecule has 1 spiro atoms. The third-order valence-corrected chi connectivity index (χ3v) is 4.46. The molecular formula is C15H20N2O3. The van der Waals surface area contributed by atoms with Crippen LogP contribution in [0.5, 0.6) is 0 Å². The Morgan fingerprint density at radius 3 is 2.60 bits per heavy atom. The van der Waals surface area contributed by atoms with Crippen LogP contribution in [0.15, 0.2) is 24.3 Å². The Morgan fingerprint density at radius 2 is 1.95 bits per heavy atom. The van der Waals surface area contributed by atoms with Gasteiger partial charge in [0.05, 0.1) is 10.5 Å². The first kappa shape index (κ1) is 13.4. The van der Waals surface area contributed by atoms with E-state index >= 15 is 0 Å². The molecule has 20 heavy (non-hydrogen) atoms. The molecular weight excluding hydrogens is 256 g/mol. The average molecular weight is 276 g/mol. The molecule has 1 N–H and O–H groups in total. The summed E-state index contributed by atoms with van der Waals surface area (Å²) in [5.41, 5.74) is 1.18. The van der Waals surface area contributed by atoms with Gasteiger partial charge in [0.1, 0.15) is 0 Å². The number of nitrogens with one attached hydrogen (secondary N) is 1. The molecule has 1 atom stereocenters. The summed E-state index contributed by atoms with van der Waals surface area (Å²) in [4.78, 5) is 10.3. The molecule has 3 rings (SSSR count). The summed E-state index contributed by atoms with van der Waals surface area (Å²) in [5, 5.41) is 14.1. The first-order chi connectivity index (χ1) is 9.67. The summed E-state index contributed by atoms with van der Waals surface area (Å²) in [6.45, 7) is 0.810. The van der Waals surface area contributed by atoms with Gasteiger partial charge in [0, 0.05) is 30.5 Å². The fourth-order valence-electron chi connectivity index (χ4n) is 3.43. The Labute approximate surface area is 118 Å². The lowest BCUT2D eigenvalue weighted by atomic mass is 9.89. The van der Waals surface area contributed by atoms with Crippen LogP contribution in [0.25, 0.3) is 0 Å².